The van der Waals surface area contributed by atoms with Crippen molar-refractivity contribution in [1.82, 2.24) is 10.3 Å². The van der Waals surface area contributed by atoms with E-state index in [1.54, 1.807) is 17.4 Å². The van der Waals surface area contributed by atoms with Gasteiger partial charge in [0.15, 0.2) is 10.9 Å². The fourth-order valence-corrected chi connectivity index (χ4v) is 4.21. The van der Waals surface area contributed by atoms with E-state index in [-0.39, 0.29) is 17.6 Å². The number of anilines is 1. The van der Waals surface area contributed by atoms with Gasteiger partial charge in [-0.2, -0.15) is 0 Å². The lowest BCUT2D eigenvalue weighted by molar-refractivity contribution is -0.119. The summed E-state index contributed by atoms with van der Waals surface area (Å²) in [5.74, 6) is -0.138. The van der Waals surface area contributed by atoms with Crippen molar-refractivity contribution in [2.75, 3.05) is 5.32 Å². The average Bonchev–Trinajstić information content (AvgIpc) is 3.38. The number of furan rings is 1. The lowest BCUT2D eigenvalue weighted by Crippen LogP contribution is -2.17. The van der Waals surface area contributed by atoms with Crippen LogP contribution in [0.25, 0.3) is 21.5 Å². The molecule has 3 heterocycles. The molecule has 6 nitrogen and oxygen atoms in total. The number of para-hydroxylation sites is 1. The van der Waals surface area contributed by atoms with Crippen LogP contribution in [0.2, 0.25) is 0 Å². The number of rotatable bonds is 5. The van der Waals surface area contributed by atoms with E-state index < -0.39 is 0 Å². The molecule has 0 aliphatic rings. The van der Waals surface area contributed by atoms with Gasteiger partial charge < -0.3 is 9.73 Å². The molecule has 0 aliphatic heterocycles. The summed E-state index contributed by atoms with van der Waals surface area (Å²) in [4.78, 5) is 29.9. The number of nitrogens with one attached hydrogen (secondary N) is 2. The molecule has 3 aromatic heterocycles. The standard InChI is InChI=1S/C19H15N3O3S2/c1-11(23)20-9-13-6-7-17(27-13)14-10-26-19(21-14)22-18(24)16-8-12-4-2-3-5-15(12)25-16/h2-8,10H,9H2,1H3,(H,20,23)(H,21,22,24). The number of amides is 2. The number of aromatic nitrogens is 1. The summed E-state index contributed by atoms with van der Waals surface area (Å²) < 4.78 is 5.58. The second kappa shape index (κ2) is 7.34. The number of benzene rings is 1. The van der Waals surface area contributed by atoms with Crippen LogP contribution in [0, 0.1) is 0 Å². The minimum absolute atomic E-state index is 0.0609. The normalized spacial score (nSPS) is 10.9. The molecule has 0 atom stereocenters. The number of thiazole rings is 1. The minimum Gasteiger partial charge on any atom is -0.451 e. The van der Waals surface area contributed by atoms with E-state index in [4.69, 9.17) is 4.42 Å². The molecule has 136 valence electrons. The molecule has 0 saturated carbocycles. The van der Waals surface area contributed by atoms with Gasteiger partial charge in [0.05, 0.1) is 17.1 Å². The zero-order valence-electron chi connectivity index (χ0n) is 14.3. The first kappa shape index (κ1) is 17.4. The second-order valence-electron chi connectivity index (χ2n) is 5.82. The third kappa shape index (κ3) is 3.91. The van der Waals surface area contributed by atoms with Gasteiger partial charge in [-0.05, 0) is 24.3 Å². The van der Waals surface area contributed by atoms with Crippen LogP contribution in [-0.4, -0.2) is 16.8 Å². The molecule has 4 aromatic rings. The summed E-state index contributed by atoms with van der Waals surface area (Å²) in [5, 5.41) is 8.83. The van der Waals surface area contributed by atoms with Gasteiger partial charge in [0.1, 0.15) is 5.58 Å². The maximum absolute atomic E-state index is 12.4. The molecule has 8 heteroatoms. The summed E-state index contributed by atoms with van der Waals surface area (Å²) in [5.41, 5.74) is 1.46. The van der Waals surface area contributed by atoms with Crippen LogP contribution in [0.4, 0.5) is 5.13 Å². The van der Waals surface area contributed by atoms with Crippen LogP contribution in [0.3, 0.4) is 0 Å². The van der Waals surface area contributed by atoms with Gasteiger partial charge in [-0.15, -0.1) is 22.7 Å². The average molecular weight is 397 g/mol. The van der Waals surface area contributed by atoms with E-state index in [9.17, 15) is 9.59 Å². The van der Waals surface area contributed by atoms with Crippen molar-refractivity contribution < 1.29 is 14.0 Å². The molecule has 27 heavy (non-hydrogen) atoms. The molecular formula is C19H15N3O3S2. The minimum atomic E-state index is -0.329. The van der Waals surface area contributed by atoms with Crippen molar-refractivity contribution in [2.24, 2.45) is 0 Å². The van der Waals surface area contributed by atoms with Crippen LogP contribution in [0.15, 0.2) is 52.3 Å². The molecule has 0 fully saturated rings. The first-order chi connectivity index (χ1) is 13.1. The number of carbonyl (C=O) groups is 2. The molecular weight excluding hydrogens is 382 g/mol. The number of hydrogen-bond donors (Lipinski definition) is 2. The summed E-state index contributed by atoms with van der Waals surface area (Å²) >= 11 is 2.91. The second-order valence-corrected chi connectivity index (χ2v) is 7.84. The highest BCUT2D eigenvalue weighted by molar-refractivity contribution is 7.17. The Balaban J connectivity index is 1.46. The highest BCUT2D eigenvalue weighted by Crippen LogP contribution is 2.31. The zero-order valence-corrected chi connectivity index (χ0v) is 15.9. The van der Waals surface area contributed by atoms with Crippen molar-refractivity contribution in [2.45, 2.75) is 13.5 Å². The van der Waals surface area contributed by atoms with Crippen molar-refractivity contribution in [3.05, 3.63) is 58.5 Å². The monoisotopic (exact) mass is 397 g/mol. The number of hydrogen-bond acceptors (Lipinski definition) is 6. The van der Waals surface area contributed by atoms with Gasteiger partial charge in [0.25, 0.3) is 5.91 Å². The fraction of sp³-hybridized carbons (Fsp3) is 0.105. The highest BCUT2D eigenvalue weighted by atomic mass is 32.1. The number of nitrogens with zero attached hydrogens (tertiary/aromatic N) is 1. The Kier molecular flexibility index (Phi) is 4.74. The van der Waals surface area contributed by atoms with Crippen LogP contribution < -0.4 is 10.6 Å². The Hall–Kier alpha value is -2.97. The van der Waals surface area contributed by atoms with Crippen LogP contribution in [0.5, 0.6) is 0 Å². The molecule has 1 aromatic carbocycles. The van der Waals surface area contributed by atoms with E-state index in [0.717, 1.165) is 20.8 Å². The number of fused-ring (bicyclic) bond motifs is 1. The van der Waals surface area contributed by atoms with E-state index in [1.165, 1.54) is 18.3 Å². The van der Waals surface area contributed by atoms with Crippen molar-refractivity contribution >= 4 is 50.6 Å². The predicted molar refractivity (Wildman–Crippen MR) is 107 cm³/mol. The highest BCUT2D eigenvalue weighted by Gasteiger charge is 2.15. The largest absolute Gasteiger partial charge is 0.451 e. The lowest BCUT2D eigenvalue weighted by Gasteiger charge is -1.98. The molecule has 0 radical (unpaired) electrons. The van der Waals surface area contributed by atoms with E-state index >= 15 is 0 Å². The van der Waals surface area contributed by atoms with Crippen molar-refractivity contribution in [3.8, 4) is 10.6 Å². The lowest BCUT2D eigenvalue weighted by atomic mass is 10.2. The SMILES string of the molecule is CC(=O)NCc1ccc(-c2csc(NC(=O)c3cc4ccccc4o3)n2)s1. The summed E-state index contributed by atoms with van der Waals surface area (Å²) in [6.45, 7) is 1.99. The topological polar surface area (TPSA) is 84.2 Å². The first-order valence-electron chi connectivity index (χ1n) is 8.17. The predicted octanol–water partition coefficient (Wildman–Crippen LogP) is 4.51. The third-order valence-corrected chi connectivity index (χ3v) is 5.67. The molecule has 2 N–H and O–H groups in total. The maximum atomic E-state index is 12.4. The van der Waals surface area contributed by atoms with Gasteiger partial charge in [0, 0.05) is 22.6 Å². The van der Waals surface area contributed by atoms with E-state index in [0.29, 0.717) is 17.3 Å². The molecule has 0 aliphatic carbocycles. The first-order valence-corrected chi connectivity index (χ1v) is 9.87. The summed E-state index contributed by atoms with van der Waals surface area (Å²) in [6.07, 6.45) is 0. The van der Waals surface area contributed by atoms with E-state index in [2.05, 4.69) is 15.6 Å². The Morgan fingerprint density at radius 1 is 1.19 bits per heavy atom. The van der Waals surface area contributed by atoms with Gasteiger partial charge >= 0.3 is 0 Å². The molecule has 0 spiro atoms. The molecule has 2 amide bonds. The van der Waals surface area contributed by atoms with Crippen LogP contribution >= 0.6 is 22.7 Å². The zero-order chi connectivity index (χ0) is 18.8. The van der Waals surface area contributed by atoms with Crippen LogP contribution in [0.1, 0.15) is 22.4 Å². The maximum Gasteiger partial charge on any atom is 0.293 e. The number of thiophene rings is 1. The Labute approximate surface area is 162 Å². The van der Waals surface area contributed by atoms with Gasteiger partial charge in [0.2, 0.25) is 5.91 Å². The number of carbonyl (C=O) groups excluding carboxylic acids is 2. The molecule has 0 bridgehead atoms. The Morgan fingerprint density at radius 3 is 2.85 bits per heavy atom. The summed E-state index contributed by atoms with van der Waals surface area (Å²) in [7, 11) is 0. The quantitative estimate of drug-likeness (QED) is 0.519. The molecule has 4 rings (SSSR count). The Morgan fingerprint density at radius 2 is 2.04 bits per heavy atom. The fourth-order valence-electron chi connectivity index (χ4n) is 2.52. The van der Waals surface area contributed by atoms with Crippen molar-refractivity contribution in [1.29, 1.82) is 0 Å². The van der Waals surface area contributed by atoms with Gasteiger partial charge in [-0.25, -0.2) is 4.98 Å². The third-order valence-electron chi connectivity index (χ3n) is 3.80. The summed E-state index contributed by atoms with van der Waals surface area (Å²) in [6, 6.07) is 13.1. The van der Waals surface area contributed by atoms with E-state index in [1.807, 2.05) is 41.8 Å². The van der Waals surface area contributed by atoms with Gasteiger partial charge in [-0.1, -0.05) is 18.2 Å². The van der Waals surface area contributed by atoms with Crippen LogP contribution in [-0.2, 0) is 11.3 Å². The van der Waals surface area contributed by atoms with Gasteiger partial charge in [-0.3, -0.25) is 14.9 Å². The molecule has 0 unspecified atom stereocenters. The van der Waals surface area contributed by atoms with Crippen molar-refractivity contribution in [3.63, 3.8) is 0 Å². The smallest absolute Gasteiger partial charge is 0.293 e. The molecule has 0 saturated heterocycles. The Bertz CT molecular complexity index is 1090.